The highest BCUT2D eigenvalue weighted by molar-refractivity contribution is 7.89. The smallest absolute Gasteiger partial charge is 0.305 e. The fraction of sp³-hybridized carbons (Fsp3) is 0.250. The van der Waals surface area contributed by atoms with Crippen molar-refractivity contribution in [2.24, 2.45) is 5.73 Å². The zero-order valence-electron chi connectivity index (χ0n) is 17.3. The first-order chi connectivity index (χ1) is 15.0. The minimum atomic E-state index is -4.46. The largest absolute Gasteiger partial charge is 0.487 e. The number of sulfonamides is 1. The van der Waals surface area contributed by atoms with Crippen molar-refractivity contribution in [3.05, 3.63) is 59.7 Å². The van der Waals surface area contributed by atoms with Gasteiger partial charge in [-0.05, 0) is 23.8 Å². The summed E-state index contributed by atoms with van der Waals surface area (Å²) in [6, 6.07) is 10.6. The molecule has 2 amide bonds. The van der Waals surface area contributed by atoms with E-state index in [2.05, 4.69) is 4.72 Å². The Hall–Kier alpha value is -3.48. The van der Waals surface area contributed by atoms with Gasteiger partial charge in [-0.1, -0.05) is 30.3 Å². The maximum Gasteiger partial charge on any atom is 0.305 e. The summed E-state index contributed by atoms with van der Waals surface area (Å²) in [7, 11) is -2.08. The molecule has 0 aliphatic heterocycles. The number of hydrogen-bond donors (Lipinski definition) is 3. The standard InChI is InChI=1S/C20H23N3O8S/c1-23(30-2)20(27)15(11-18(24)25)22-32(28,29)17-9-8-14(19(21)26)10-16(17)31-12-13-6-4-3-5-7-13/h3-10,15,22H,11-12H2,1-2H3,(H2,21,26)(H,24,25). The minimum absolute atomic E-state index is 0.00397. The van der Waals surface area contributed by atoms with Crippen LogP contribution in [0.1, 0.15) is 22.3 Å². The molecule has 0 spiro atoms. The summed E-state index contributed by atoms with van der Waals surface area (Å²) in [5.74, 6) is -3.31. The molecule has 12 heteroatoms. The molecule has 32 heavy (non-hydrogen) atoms. The summed E-state index contributed by atoms with van der Waals surface area (Å²) < 4.78 is 33.8. The summed E-state index contributed by atoms with van der Waals surface area (Å²) in [5.41, 5.74) is 6.02. The third-order valence-corrected chi connectivity index (χ3v) is 5.82. The highest BCUT2D eigenvalue weighted by atomic mass is 32.2. The van der Waals surface area contributed by atoms with Crippen molar-refractivity contribution < 1.29 is 37.5 Å². The molecule has 0 bridgehead atoms. The van der Waals surface area contributed by atoms with Crippen LogP contribution in [0.3, 0.4) is 0 Å². The van der Waals surface area contributed by atoms with Gasteiger partial charge in [-0.2, -0.15) is 4.72 Å². The van der Waals surface area contributed by atoms with E-state index in [1.807, 2.05) is 0 Å². The topological polar surface area (TPSA) is 165 Å². The van der Waals surface area contributed by atoms with Gasteiger partial charge in [-0.3, -0.25) is 19.2 Å². The van der Waals surface area contributed by atoms with Crippen molar-refractivity contribution >= 4 is 27.8 Å². The fourth-order valence-corrected chi connectivity index (χ4v) is 3.96. The molecular weight excluding hydrogens is 442 g/mol. The Morgan fingerprint density at radius 3 is 2.38 bits per heavy atom. The number of hydrogen-bond acceptors (Lipinski definition) is 7. The predicted octanol–water partition coefficient (Wildman–Crippen LogP) is 0.506. The number of nitrogens with two attached hydrogens (primary N) is 1. The molecule has 0 saturated heterocycles. The number of benzene rings is 2. The Morgan fingerprint density at radius 1 is 1.16 bits per heavy atom. The normalized spacial score (nSPS) is 12.1. The number of carboxylic acid groups (broad SMARTS) is 1. The van der Waals surface area contributed by atoms with E-state index in [1.54, 1.807) is 30.3 Å². The maximum atomic E-state index is 13.0. The zero-order valence-corrected chi connectivity index (χ0v) is 18.2. The van der Waals surface area contributed by atoms with Gasteiger partial charge in [0.25, 0.3) is 5.91 Å². The van der Waals surface area contributed by atoms with Crippen LogP contribution < -0.4 is 15.2 Å². The van der Waals surface area contributed by atoms with Crippen LogP contribution in [0, 0.1) is 0 Å². The van der Waals surface area contributed by atoms with Crippen LogP contribution in [0.2, 0.25) is 0 Å². The molecule has 11 nitrogen and oxygen atoms in total. The summed E-state index contributed by atoms with van der Waals surface area (Å²) in [6.07, 6.45) is -0.828. The molecule has 2 rings (SSSR count). The molecule has 172 valence electrons. The molecule has 0 fully saturated rings. The maximum absolute atomic E-state index is 13.0. The molecule has 0 saturated carbocycles. The molecule has 2 aromatic carbocycles. The molecular formula is C20H23N3O8S. The number of hydroxylamine groups is 2. The van der Waals surface area contributed by atoms with Crippen LogP contribution in [0.4, 0.5) is 0 Å². The van der Waals surface area contributed by atoms with Crippen LogP contribution in [0.15, 0.2) is 53.4 Å². The van der Waals surface area contributed by atoms with Gasteiger partial charge < -0.3 is 15.6 Å². The van der Waals surface area contributed by atoms with E-state index >= 15 is 0 Å². The first kappa shape index (κ1) is 24.8. The third kappa shape index (κ3) is 6.51. The lowest BCUT2D eigenvalue weighted by Crippen LogP contribution is -2.48. The van der Waals surface area contributed by atoms with E-state index in [-0.39, 0.29) is 17.9 Å². The summed E-state index contributed by atoms with van der Waals surface area (Å²) in [4.78, 5) is 39.4. The van der Waals surface area contributed by atoms with E-state index in [0.29, 0.717) is 5.06 Å². The van der Waals surface area contributed by atoms with Gasteiger partial charge >= 0.3 is 5.97 Å². The van der Waals surface area contributed by atoms with Crippen molar-refractivity contribution in [3.63, 3.8) is 0 Å². The van der Waals surface area contributed by atoms with Gasteiger partial charge in [0.05, 0.1) is 13.5 Å². The Morgan fingerprint density at radius 2 is 1.81 bits per heavy atom. The van der Waals surface area contributed by atoms with Gasteiger partial charge in [0, 0.05) is 12.6 Å². The number of amides is 2. The predicted molar refractivity (Wildman–Crippen MR) is 112 cm³/mol. The minimum Gasteiger partial charge on any atom is -0.487 e. The van der Waals surface area contributed by atoms with Gasteiger partial charge in [0.2, 0.25) is 15.9 Å². The number of nitrogens with one attached hydrogen (secondary N) is 1. The van der Waals surface area contributed by atoms with Crippen molar-refractivity contribution in [1.82, 2.24) is 9.79 Å². The quantitative estimate of drug-likeness (QED) is 0.404. The van der Waals surface area contributed by atoms with E-state index in [9.17, 15) is 22.8 Å². The van der Waals surface area contributed by atoms with Crippen LogP contribution in [-0.2, 0) is 31.1 Å². The van der Waals surface area contributed by atoms with Crippen LogP contribution in [0.25, 0.3) is 0 Å². The molecule has 4 N–H and O–H groups in total. The summed E-state index contributed by atoms with van der Waals surface area (Å²) >= 11 is 0. The second-order valence-corrected chi connectivity index (χ2v) is 8.27. The monoisotopic (exact) mass is 465 g/mol. The van der Waals surface area contributed by atoms with Gasteiger partial charge in [-0.25, -0.2) is 13.5 Å². The van der Waals surface area contributed by atoms with Crippen molar-refractivity contribution in [2.75, 3.05) is 14.2 Å². The Balaban J connectivity index is 2.41. The lowest BCUT2D eigenvalue weighted by Gasteiger charge is -2.22. The highest BCUT2D eigenvalue weighted by Gasteiger charge is 2.32. The average Bonchev–Trinajstić information content (AvgIpc) is 2.76. The van der Waals surface area contributed by atoms with E-state index in [0.717, 1.165) is 17.7 Å². The van der Waals surface area contributed by atoms with E-state index < -0.39 is 45.2 Å². The van der Waals surface area contributed by atoms with E-state index in [4.69, 9.17) is 20.4 Å². The Bertz CT molecular complexity index is 1090. The summed E-state index contributed by atoms with van der Waals surface area (Å²) in [6.45, 7) is -0.0184. The number of ether oxygens (including phenoxy) is 1. The molecule has 1 atom stereocenters. The van der Waals surface area contributed by atoms with Gasteiger partial charge in [-0.15, -0.1) is 0 Å². The number of primary amides is 1. The van der Waals surface area contributed by atoms with Crippen LogP contribution >= 0.6 is 0 Å². The van der Waals surface area contributed by atoms with Crippen LogP contribution in [0.5, 0.6) is 5.75 Å². The Labute approximate surface area is 184 Å². The number of likely N-dealkylation sites (N-methyl/N-ethyl adjacent to an activating group) is 1. The average molecular weight is 465 g/mol. The molecule has 1 unspecified atom stereocenters. The lowest BCUT2D eigenvalue weighted by molar-refractivity contribution is -0.171. The molecule has 0 aliphatic carbocycles. The second kappa shape index (κ2) is 10.7. The first-order valence-electron chi connectivity index (χ1n) is 9.21. The lowest BCUT2D eigenvalue weighted by atomic mass is 10.2. The van der Waals surface area contributed by atoms with Gasteiger partial charge in [0.15, 0.2) is 0 Å². The number of aliphatic carboxylic acids is 1. The summed E-state index contributed by atoms with van der Waals surface area (Å²) in [5, 5.41) is 9.80. The SMILES string of the molecule is CON(C)C(=O)C(CC(=O)O)NS(=O)(=O)c1ccc(C(N)=O)cc1OCc1ccccc1. The Kier molecular flexibility index (Phi) is 8.29. The molecule has 2 aromatic rings. The van der Waals surface area contributed by atoms with Crippen molar-refractivity contribution in [2.45, 2.75) is 24.0 Å². The molecule has 0 heterocycles. The number of carbonyl (C=O) groups is 3. The third-order valence-electron chi connectivity index (χ3n) is 4.31. The molecule has 0 aromatic heterocycles. The highest BCUT2D eigenvalue weighted by Crippen LogP contribution is 2.27. The van der Waals surface area contributed by atoms with Crippen LogP contribution in [-0.4, -0.2) is 56.6 Å². The first-order valence-corrected chi connectivity index (χ1v) is 10.7. The van der Waals surface area contributed by atoms with Gasteiger partial charge in [0.1, 0.15) is 23.3 Å². The van der Waals surface area contributed by atoms with Crippen molar-refractivity contribution in [1.29, 1.82) is 0 Å². The molecule has 0 radical (unpaired) electrons. The number of nitrogens with zero attached hydrogens (tertiary/aromatic N) is 1. The van der Waals surface area contributed by atoms with E-state index in [1.165, 1.54) is 20.2 Å². The number of carbonyl (C=O) groups excluding carboxylic acids is 2. The zero-order chi connectivity index (χ0) is 23.9. The number of rotatable bonds is 11. The second-order valence-electron chi connectivity index (χ2n) is 6.59. The fourth-order valence-electron chi connectivity index (χ4n) is 2.65. The molecule has 0 aliphatic rings. The number of carboxylic acids is 1. The van der Waals surface area contributed by atoms with Crippen molar-refractivity contribution in [3.8, 4) is 5.75 Å².